The van der Waals surface area contributed by atoms with Crippen molar-refractivity contribution in [2.45, 2.75) is 0 Å². The molecule has 1 amide bonds. The van der Waals surface area contributed by atoms with Crippen LogP contribution in [0.2, 0.25) is 0 Å². The van der Waals surface area contributed by atoms with Crippen LogP contribution in [-0.4, -0.2) is 55.5 Å². The second-order valence-electron chi connectivity index (χ2n) is 5.26. The molecular formula is C15H20N4O2. The number of nitrogens with zero attached hydrogens (tertiary/aromatic N) is 2. The molecule has 2 aliphatic rings. The zero-order valence-electron chi connectivity index (χ0n) is 12.1. The number of carbonyl (C=O) groups excluding carboxylic acids is 1. The maximum atomic E-state index is 12.2. The van der Waals surface area contributed by atoms with Gasteiger partial charge >= 0.3 is 0 Å². The Balaban J connectivity index is 1.81. The Hall–Kier alpha value is -2.21. The average molecular weight is 288 g/mol. The summed E-state index contributed by atoms with van der Waals surface area (Å²) in [5.41, 5.74) is 2.01. The Labute approximate surface area is 124 Å². The van der Waals surface area contributed by atoms with Crippen molar-refractivity contribution in [2.75, 3.05) is 39.8 Å². The molecule has 112 valence electrons. The number of allylic oxidation sites excluding steroid dienone is 1. The molecule has 0 unspecified atom stereocenters. The van der Waals surface area contributed by atoms with E-state index in [4.69, 9.17) is 4.42 Å². The van der Waals surface area contributed by atoms with Crippen molar-refractivity contribution < 1.29 is 9.21 Å². The molecule has 0 aliphatic carbocycles. The van der Waals surface area contributed by atoms with Crippen molar-refractivity contribution in [1.29, 1.82) is 0 Å². The number of piperazine rings is 1. The predicted molar refractivity (Wildman–Crippen MR) is 79.4 cm³/mol. The van der Waals surface area contributed by atoms with Crippen LogP contribution in [0.5, 0.6) is 0 Å². The van der Waals surface area contributed by atoms with E-state index in [1.54, 1.807) is 12.1 Å². The molecule has 0 radical (unpaired) electrons. The minimum atomic E-state index is -0.202. The van der Waals surface area contributed by atoms with Crippen LogP contribution in [0, 0.1) is 0 Å². The van der Waals surface area contributed by atoms with Gasteiger partial charge in [-0.25, -0.2) is 0 Å². The van der Waals surface area contributed by atoms with Crippen molar-refractivity contribution in [1.82, 2.24) is 20.4 Å². The van der Waals surface area contributed by atoms with Crippen LogP contribution in [0.4, 0.5) is 0 Å². The molecule has 0 atom stereocenters. The van der Waals surface area contributed by atoms with Crippen molar-refractivity contribution >= 4 is 5.91 Å². The highest BCUT2D eigenvalue weighted by Crippen LogP contribution is 2.17. The van der Waals surface area contributed by atoms with E-state index in [0.29, 0.717) is 12.3 Å². The summed E-state index contributed by atoms with van der Waals surface area (Å²) in [6.45, 7) is 4.51. The van der Waals surface area contributed by atoms with Crippen molar-refractivity contribution in [2.24, 2.45) is 0 Å². The van der Waals surface area contributed by atoms with E-state index >= 15 is 0 Å². The quantitative estimate of drug-likeness (QED) is 0.852. The van der Waals surface area contributed by atoms with E-state index in [-0.39, 0.29) is 5.91 Å². The van der Waals surface area contributed by atoms with E-state index in [9.17, 15) is 4.79 Å². The molecule has 6 nitrogen and oxygen atoms in total. The number of nitrogens with one attached hydrogen (secondary N) is 2. The molecule has 0 saturated carbocycles. The Bertz CT molecular complexity index is 556. The highest BCUT2D eigenvalue weighted by Gasteiger charge is 2.21. The lowest BCUT2D eigenvalue weighted by Gasteiger charge is -2.35. The van der Waals surface area contributed by atoms with Gasteiger partial charge in [-0.15, -0.1) is 0 Å². The summed E-state index contributed by atoms with van der Waals surface area (Å²) in [7, 11) is 1.99. The van der Waals surface area contributed by atoms with Gasteiger partial charge in [-0.2, -0.15) is 0 Å². The Morgan fingerprint density at radius 2 is 2.19 bits per heavy atom. The molecule has 1 saturated heterocycles. The minimum Gasteiger partial charge on any atom is -0.459 e. The average Bonchev–Trinajstić information content (AvgIpc) is 3.03. The first-order chi connectivity index (χ1) is 10.2. The Morgan fingerprint density at radius 3 is 2.90 bits per heavy atom. The summed E-state index contributed by atoms with van der Waals surface area (Å²) in [5, 5.41) is 6.33. The van der Waals surface area contributed by atoms with Crippen LogP contribution in [-0.2, 0) is 0 Å². The predicted octanol–water partition coefficient (Wildman–Crippen LogP) is 0.585. The van der Waals surface area contributed by atoms with Gasteiger partial charge < -0.3 is 24.9 Å². The van der Waals surface area contributed by atoms with Gasteiger partial charge in [-0.1, -0.05) is 0 Å². The fraction of sp³-hybridized carbons (Fsp3) is 0.400. The fourth-order valence-electron chi connectivity index (χ4n) is 2.59. The SMILES string of the molecule is CN1C=CC(N2CCNCC2)=C(NC(=O)c2ccco2)C1. The molecule has 0 aromatic carbocycles. The first-order valence-electron chi connectivity index (χ1n) is 7.16. The Morgan fingerprint density at radius 1 is 1.38 bits per heavy atom. The maximum Gasteiger partial charge on any atom is 0.291 e. The Kier molecular flexibility index (Phi) is 3.96. The van der Waals surface area contributed by atoms with E-state index in [1.165, 1.54) is 6.26 Å². The van der Waals surface area contributed by atoms with Crippen LogP contribution < -0.4 is 10.6 Å². The molecule has 3 rings (SSSR count). The maximum absolute atomic E-state index is 12.2. The lowest BCUT2D eigenvalue weighted by Crippen LogP contribution is -2.45. The van der Waals surface area contributed by atoms with E-state index in [1.807, 2.05) is 18.1 Å². The monoisotopic (exact) mass is 288 g/mol. The molecule has 6 heteroatoms. The molecule has 1 fully saturated rings. The molecule has 3 heterocycles. The number of likely N-dealkylation sites (N-methyl/N-ethyl adjacent to an activating group) is 1. The third-order valence-electron chi connectivity index (χ3n) is 3.67. The van der Waals surface area contributed by atoms with Crippen LogP contribution in [0.1, 0.15) is 10.6 Å². The smallest absolute Gasteiger partial charge is 0.291 e. The van der Waals surface area contributed by atoms with Gasteiger partial charge in [0, 0.05) is 39.4 Å². The largest absolute Gasteiger partial charge is 0.459 e. The third-order valence-corrected chi connectivity index (χ3v) is 3.67. The number of amides is 1. The second kappa shape index (κ2) is 6.05. The van der Waals surface area contributed by atoms with Gasteiger partial charge in [0.05, 0.1) is 24.2 Å². The summed E-state index contributed by atoms with van der Waals surface area (Å²) >= 11 is 0. The molecule has 0 bridgehead atoms. The van der Waals surface area contributed by atoms with Crippen molar-refractivity contribution in [3.05, 3.63) is 47.8 Å². The van der Waals surface area contributed by atoms with Crippen LogP contribution >= 0.6 is 0 Å². The molecule has 2 aliphatic heterocycles. The van der Waals surface area contributed by atoms with Gasteiger partial charge in [0.25, 0.3) is 5.91 Å². The summed E-state index contributed by atoms with van der Waals surface area (Å²) in [5.74, 6) is 0.130. The molecule has 0 spiro atoms. The fourth-order valence-corrected chi connectivity index (χ4v) is 2.59. The standard InChI is InChI=1S/C15H20N4O2/c1-18-7-4-13(19-8-5-16-6-9-19)12(11-18)17-15(20)14-3-2-10-21-14/h2-4,7,10,16H,5-6,8-9,11H2,1H3,(H,17,20). The third kappa shape index (κ3) is 3.11. The van der Waals surface area contributed by atoms with Gasteiger partial charge in [-0.05, 0) is 18.2 Å². The van der Waals surface area contributed by atoms with Gasteiger partial charge in [0.15, 0.2) is 5.76 Å². The summed E-state index contributed by atoms with van der Waals surface area (Å²) in [6.07, 6.45) is 5.61. The molecular weight excluding hydrogens is 268 g/mol. The first-order valence-corrected chi connectivity index (χ1v) is 7.16. The number of rotatable bonds is 3. The molecule has 2 N–H and O–H groups in total. The number of furan rings is 1. The highest BCUT2D eigenvalue weighted by molar-refractivity contribution is 5.92. The molecule has 21 heavy (non-hydrogen) atoms. The number of hydrogen-bond donors (Lipinski definition) is 2. The number of hydrogen-bond acceptors (Lipinski definition) is 5. The first kappa shape index (κ1) is 13.8. The van der Waals surface area contributed by atoms with Gasteiger partial charge in [0.2, 0.25) is 0 Å². The minimum absolute atomic E-state index is 0.202. The summed E-state index contributed by atoms with van der Waals surface area (Å²) < 4.78 is 5.15. The van der Waals surface area contributed by atoms with Crippen molar-refractivity contribution in [3.8, 4) is 0 Å². The van der Waals surface area contributed by atoms with Gasteiger partial charge in [0.1, 0.15) is 0 Å². The zero-order valence-corrected chi connectivity index (χ0v) is 12.1. The zero-order chi connectivity index (χ0) is 14.7. The van der Waals surface area contributed by atoms with Crippen LogP contribution in [0.25, 0.3) is 0 Å². The van der Waals surface area contributed by atoms with Crippen molar-refractivity contribution in [3.63, 3.8) is 0 Å². The van der Waals surface area contributed by atoms with Crippen LogP contribution in [0.15, 0.2) is 46.5 Å². The number of carbonyl (C=O) groups is 1. The van der Waals surface area contributed by atoms with E-state index in [2.05, 4.69) is 21.6 Å². The topological polar surface area (TPSA) is 60.8 Å². The van der Waals surface area contributed by atoms with E-state index < -0.39 is 0 Å². The van der Waals surface area contributed by atoms with Gasteiger partial charge in [-0.3, -0.25) is 4.79 Å². The van der Waals surface area contributed by atoms with Crippen LogP contribution in [0.3, 0.4) is 0 Å². The normalized spacial score (nSPS) is 19.1. The lowest BCUT2D eigenvalue weighted by molar-refractivity contribution is 0.0934. The molecule has 1 aromatic rings. The summed E-state index contributed by atoms with van der Waals surface area (Å²) in [4.78, 5) is 16.5. The molecule has 1 aromatic heterocycles. The summed E-state index contributed by atoms with van der Waals surface area (Å²) in [6, 6.07) is 3.39. The lowest BCUT2D eigenvalue weighted by atomic mass is 10.2. The van der Waals surface area contributed by atoms with E-state index in [0.717, 1.165) is 37.6 Å². The highest BCUT2D eigenvalue weighted by atomic mass is 16.3. The second-order valence-corrected chi connectivity index (χ2v) is 5.26.